The standard InChI is InChI=1S/C18H23NO4/c1-12(20)14(17(21)22-4)10-16-15(11-18(2,3)23-19-16)13-8-6-5-7-9-13/h5-9,14-15H,10-11H2,1-4H3. The summed E-state index contributed by atoms with van der Waals surface area (Å²) in [4.78, 5) is 29.2. The molecule has 1 aliphatic rings. The van der Waals surface area contributed by atoms with Crippen LogP contribution in [0, 0.1) is 5.92 Å². The van der Waals surface area contributed by atoms with Gasteiger partial charge in [-0.25, -0.2) is 0 Å². The third-order valence-corrected chi connectivity index (χ3v) is 4.10. The van der Waals surface area contributed by atoms with Crippen LogP contribution in [0.25, 0.3) is 0 Å². The minimum absolute atomic E-state index is 0.0199. The molecule has 0 N–H and O–H groups in total. The quantitative estimate of drug-likeness (QED) is 0.618. The molecule has 1 aromatic carbocycles. The fourth-order valence-electron chi connectivity index (χ4n) is 2.81. The van der Waals surface area contributed by atoms with Gasteiger partial charge in [0.1, 0.15) is 17.3 Å². The smallest absolute Gasteiger partial charge is 0.316 e. The number of ether oxygens (including phenoxy) is 1. The Morgan fingerprint density at radius 1 is 1.35 bits per heavy atom. The third-order valence-electron chi connectivity index (χ3n) is 4.10. The van der Waals surface area contributed by atoms with Crippen LogP contribution in [-0.4, -0.2) is 30.2 Å². The maximum atomic E-state index is 11.9. The van der Waals surface area contributed by atoms with Crippen LogP contribution in [0.5, 0.6) is 0 Å². The molecule has 1 aliphatic heterocycles. The van der Waals surface area contributed by atoms with Gasteiger partial charge in [-0.2, -0.15) is 0 Å². The number of ketones is 1. The number of carbonyl (C=O) groups is 2. The molecule has 0 fully saturated rings. The molecule has 0 bridgehead atoms. The molecule has 2 unspecified atom stereocenters. The number of nitrogens with zero attached hydrogens (tertiary/aromatic N) is 1. The molecule has 0 saturated carbocycles. The minimum Gasteiger partial charge on any atom is -0.468 e. The predicted octanol–water partition coefficient (Wildman–Crippen LogP) is 3.09. The maximum absolute atomic E-state index is 11.9. The third kappa shape index (κ3) is 4.18. The normalized spacial score (nSPS) is 20.9. The van der Waals surface area contributed by atoms with Gasteiger partial charge in [0.15, 0.2) is 0 Å². The first-order chi connectivity index (χ1) is 10.8. The Labute approximate surface area is 136 Å². The van der Waals surface area contributed by atoms with Crippen LogP contribution >= 0.6 is 0 Å². The molecule has 23 heavy (non-hydrogen) atoms. The number of methoxy groups -OCH3 is 1. The molecule has 1 heterocycles. The van der Waals surface area contributed by atoms with Crippen molar-refractivity contribution in [1.29, 1.82) is 0 Å². The Bertz CT molecular complexity index is 607. The first-order valence-electron chi connectivity index (χ1n) is 7.72. The van der Waals surface area contributed by atoms with Crippen LogP contribution < -0.4 is 0 Å². The van der Waals surface area contributed by atoms with E-state index in [1.807, 2.05) is 44.2 Å². The van der Waals surface area contributed by atoms with E-state index in [9.17, 15) is 9.59 Å². The first-order valence-corrected chi connectivity index (χ1v) is 7.72. The van der Waals surface area contributed by atoms with Gasteiger partial charge in [0, 0.05) is 18.8 Å². The van der Waals surface area contributed by atoms with Gasteiger partial charge in [-0.15, -0.1) is 0 Å². The minimum atomic E-state index is -0.838. The van der Waals surface area contributed by atoms with Crippen LogP contribution in [-0.2, 0) is 19.2 Å². The Morgan fingerprint density at radius 2 is 2.00 bits per heavy atom. The second kappa shape index (κ2) is 6.94. The Morgan fingerprint density at radius 3 is 2.57 bits per heavy atom. The van der Waals surface area contributed by atoms with Gasteiger partial charge in [0.2, 0.25) is 0 Å². The zero-order valence-corrected chi connectivity index (χ0v) is 14.0. The molecule has 0 saturated heterocycles. The van der Waals surface area contributed by atoms with Gasteiger partial charge in [-0.05, 0) is 26.3 Å². The number of benzene rings is 1. The second-order valence-electron chi connectivity index (χ2n) is 6.49. The molecule has 0 radical (unpaired) electrons. The van der Waals surface area contributed by atoms with Crippen LogP contribution in [0.1, 0.15) is 45.1 Å². The molecule has 0 amide bonds. The average Bonchev–Trinajstić information content (AvgIpc) is 2.53. The summed E-state index contributed by atoms with van der Waals surface area (Å²) in [5.74, 6) is -1.57. The lowest BCUT2D eigenvalue weighted by Gasteiger charge is -2.34. The summed E-state index contributed by atoms with van der Waals surface area (Å²) < 4.78 is 4.74. The number of hydrogen-bond donors (Lipinski definition) is 0. The molecule has 5 heteroatoms. The molecule has 1 aromatic rings. The highest BCUT2D eigenvalue weighted by Gasteiger charge is 2.37. The summed E-state index contributed by atoms with van der Waals surface area (Å²) in [6.45, 7) is 5.35. The van der Waals surface area contributed by atoms with Gasteiger partial charge < -0.3 is 9.57 Å². The van der Waals surface area contributed by atoms with E-state index in [1.165, 1.54) is 14.0 Å². The van der Waals surface area contributed by atoms with Gasteiger partial charge in [0.05, 0.1) is 12.8 Å². The zero-order valence-electron chi connectivity index (χ0n) is 14.0. The molecule has 0 spiro atoms. The topological polar surface area (TPSA) is 65.0 Å². The van der Waals surface area contributed by atoms with Crippen molar-refractivity contribution >= 4 is 17.5 Å². The Balaban J connectivity index is 2.31. The van der Waals surface area contributed by atoms with E-state index in [0.717, 1.165) is 12.0 Å². The summed E-state index contributed by atoms with van der Waals surface area (Å²) >= 11 is 0. The zero-order chi connectivity index (χ0) is 17.0. The van der Waals surface area contributed by atoms with Crippen molar-refractivity contribution in [3.63, 3.8) is 0 Å². The van der Waals surface area contributed by atoms with E-state index < -0.39 is 11.9 Å². The van der Waals surface area contributed by atoms with Crippen molar-refractivity contribution in [2.45, 2.75) is 45.1 Å². The molecule has 2 rings (SSSR count). The maximum Gasteiger partial charge on any atom is 0.316 e. The van der Waals surface area contributed by atoms with Crippen molar-refractivity contribution in [3.05, 3.63) is 35.9 Å². The van der Waals surface area contributed by atoms with Gasteiger partial charge >= 0.3 is 5.97 Å². The van der Waals surface area contributed by atoms with Crippen molar-refractivity contribution < 1.29 is 19.2 Å². The van der Waals surface area contributed by atoms with Crippen LogP contribution in [0.3, 0.4) is 0 Å². The number of carbonyl (C=O) groups excluding carboxylic acids is 2. The van der Waals surface area contributed by atoms with Crippen molar-refractivity contribution in [2.24, 2.45) is 11.1 Å². The van der Waals surface area contributed by atoms with E-state index in [1.54, 1.807) is 0 Å². The summed E-state index contributed by atoms with van der Waals surface area (Å²) in [6, 6.07) is 9.96. The van der Waals surface area contributed by atoms with E-state index in [2.05, 4.69) is 5.16 Å². The van der Waals surface area contributed by atoms with Crippen molar-refractivity contribution in [1.82, 2.24) is 0 Å². The van der Waals surface area contributed by atoms with Crippen molar-refractivity contribution in [3.8, 4) is 0 Å². The molecule has 2 atom stereocenters. The predicted molar refractivity (Wildman–Crippen MR) is 87.2 cm³/mol. The van der Waals surface area contributed by atoms with Gasteiger partial charge in [0.25, 0.3) is 0 Å². The summed E-state index contributed by atoms with van der Waals surface area (Å²) in [5.41, 5.74) is 1.43. The van der Waals surface area contributed by atoms with Crippen molar-refractivity contribution in [2.75, 3.05) is 7.11 Å². The largest absolute Gasteiger partial charge is 0.468 e. The molecule has 124 valence electrons. The number of hydrogen-bond acceptors (Lipinski definition) is 5. The van der Waals surface area contributed by atoms with E-state index in [4.69, 9.17) is 9.57 Å². The highest BCUT2D eigenvalue weighted by molar-refractivity contribution is 6.03. The summed E-state index contributed by atoms with van der Waals surface area (Å²) in [7, 11) is 1.29. The van der Waals surface area contributed by atoms with Crippen LogP contribution in [0.2, 0.25) is 0 Å². The van der Waals surface area contributed by atoms with Crippen LogP contribution in [0.4, 0.5) is 0 Å². The number of esters is 1. The highest BCUT2D eigenvalue weighted by atomic mass is 16.6. The Kier molecular flexibility index (Phi) is 5.19. The Hall–Kier alpha value is -2.17. The lowest BCUT2D eigenvalue weighted by molar-refractivity contribution is -0.148. The molecule has 5 nitrogen and oxygen atoms in total. The average molecular weight is 317 g/mol. The fraction of sp³-hybridized carbons (Fsp3) is 0.500. The highest BCUT2D eigenvalue weighted by Crippen LogP contribution is 2.36. The SMILES string of the molecule is COC(=O)C(CC1=NOC(C)(C)CC1c1ccccc1)C(C)=O. The monoisotopic (exact) mass is 317 g/mol. The lowest BCUT2D eigenvalue weighted by Crippen LogP contribution is -2.36. The summed E-state index contributed by atoms with van der Waals surface area (Å²) in [5, 5.41) is 4.24. The molecular formula is C18H23NO4. The lowest BCUT2D eigenvalue weighted by atomic mass is 9.80. The second-order valence-corrected chi connectivity index (χ2v) is 6.49. The fourth-order valence-corrected chi connectivity index (χ4v) is 2.81. The van der Waals surface area contributed by atoms with Gasteiger partial charge in [-0.3, -0.25) is 9.59 Å². The van der Waals surface area contributed by atoms with Crippen LogP contribution in [0.15, 0.2) is 35.5 Å². The van der Waals surface area contributed by atoms with Gasteiger partial charge in [-0.1, -0.05) is 35.5 Å². The van der Waals surface area contributed by atoms with E-state index >= 15 is 0 Å². The molecule has 0 aromatic heterocycles. The molecule has 0 aliphatic carbocycles. The molecular weight excluding hydrogens is 294 g/mol. The number of rotatable bonds is 5. The number of Topliss-reactive ketones (excluding diaryl/α,β-unsaturated/α-hetero) is 1. The summed E-state index contributed by atoms with van der Waals surface area (Å²) in [6.07, 6.45) is 0.958. The van der Waals surface area contributed by atoms with E-state index in [0.29, 0.717) is 5.71 Å². The first kappa shape index (κ1) is 17.2. The number of oxime groups is 1. The van der Waals surface area contributed by atoms with E-state index in [-0.39, 0.29) is 23.7 Å².